The number of hydrogen-bond donors (Lipinski definition) is 3. The topological polar surface area (TPSA) is 373 Å². The maximum atomic E-state index is 14.1. The number of hydrazone groups is 1. The summed E-state index contributed by atoms with van der Waals surface area (Å²) in [5, 5.41) is 19.7. The molecule has 0 fully saturated rings. The van der Waals surface area contributed by atoms with Crippen LogP contribution in [-0.2, 0) is 40.5 Å². The molecule has 0 unspecified atom stereocenters. The second-order valence-electron chi connectivity index (χ2n) is 11.3. The first-order valence-corrected chi connectivity index (χ1v) is 20.9. The first-order chi connectivity index (χ1) is 26.4. The van der Waals surface area contributed by atoms with Crippen LogP contribution >= 0.6 is 11.6 Å². The summed E-state index contributed by atoms with van der Waals surface area (Å²) in [5.41, 5.74) is -2.89. The Bertz CT molecular complexity index is 3150. The third-order valence-corrected chi connectivity index (χ3v) is 11.3. The fourth-order valence-electron chi connectivity index (χ4n) is 5.36. The molecule has 0 saturated carbocycles. The molecule has 0 saturated heterocycles. The van der Waals surface area contributed by atoms with Crippen LogP contribution in [0.4, 0.5) is 29.0 Å². The van der Waals surface area contributed by atoms with Gasteiger partial charge in [0, 0.05) is 10.9 Å². The van der Waals surface area contributed by atoms with E-state index in [1.54, 1.807) is 6.07 Å². The van der Waals surface area contributed by atoms with Gasteiger partial charge < -0.3 is 38.7 Å². The van der Waals surface area contributed by atoms with E-state index < -0.39 is 128 Å². The second-order valence-corrected chi connectivity index (χ2v) is 17.1. The number of rotatable bonds is 11. The van der Waals surface area contributed by atoms with Crippen LogP contribution in [0, 0.1) is 0 Å². The van der Waals surface area contributed by atoms with E-state index in [9.17, 15) is 66.6 Å². The number of halogens is 1. The van der Waals surface area contributed by atoms with E-state index in [1.165, 1.54) is 24.3 Å². The van der Waals surface area contributed by atoms with Crippen molar-refractivity contribution in [2.45, 2.75) is 14.7 Å². The van der Waals surface area contributed by atoms with Gasteiger partial charge in [-0.1, -0.05) is 30.3 Å². The van der Waals surface area contributed by atoms with E-state index in [2.05, 4.69) is 36.1 Å². The molecule has 0 amide bonds. The van der Waals surface area contributed by atoms with E-state index in [4.69, 9.17) is 11.6 Å². The van der Waals surface area contributed by atoms with Crippen LogP contribution in [0.3, 0.4) is 0 Å². The molecule has 0 aliphatic heterocycles. The third-order valence-electron chi connectivity index (χ3n) is 7.68. The van der Waals surface area contributed by atoms with Gasteiger partial charge in [-0.25, -0.2) is 33.7 Å². The number of allylic oxidation sites excluding steroid dienone is 1. The fourth-order valence-corrected chi connectivity index (χ4v) is 8.03. The molecule has 32 heteroatoms. The Balaban J connectivity index is 0.00000384. The molecule has 3 N–H and O–H groups in total. The molecule has 0 atom stereocenters. The molecule has 5 aromatic rings. The zero-order valence-electron chi connectivity index (χ0n) is 32.4. The Kier molecular flexibility index (Phi) is 21.6. The number of aromatic carboxylic acids is 1. The van der Waals surface area contributed by atoms with E-state index in [0.717, 1.165) is 18.2 Å². The molecular weight excluding hydrogens is 977 g/mol. The number of nitrogens with zero attached hydrogens (tertiary/aromatic N) is 4. The van der Waals surface area contributed by atoms with Crippen molar-refractivity contribution < 1.29 is 214 Å². The van der Waals surface area contributed by atoms with Crippen molar-refractivity contribution in [3.05, 3.63) is 93.6 Å². The number of fused-ring (bicyclic) bond motifs is 2. The molecule has 0 spiro atoms. The zero-order valence-corrected chi connectivity index (χ0v) is 46.4. The summed E-state index contributed by atoms with van der Waals surface area (Å²) in [7, 11) is -21.5. The van der Waals surface area contributed by atoms with Gasteiger partial charge >= 0.3 is 148 Å². The van der Waals surface area contributed by atoms with Crippen LogP contribution in [0.15, 0.2) is 91.4 Å². The summed E-state index contributed by atoms with van der Waals surface area (Å²) < 4.78 is 145. The average Bonchev–Trinajstić information content (AvgIpc) is 3.08. The van der Waals surface area contributed by atoms with E-state index in [1.807, 2.05) is 0 Å². The van der Waals surface area contributed by atoms with Gasteiger partial charge in [-0.2, -0.15) is 20.1 Å². The standard InChI is InChI=1S/C30H20ClN7O15S4.5Na/c31-28-34-29(32-19-8-6-15(54(42,43)44)11-18(19)27(40)41)36-30(35-28)33-21-12-16(55(45,46)47)9-14-10-22(56(48,49)50)24(25(39)23(14)21)38-37-20-7-5-13-3-1-2-4-17(13)26(20)57(51,52)53;;;;;/h1-12,37H,(H,40,41)(H,42,43,44)(H,45,46,47)(H,48,49,50)(H,51,52,53)(H2,32,33,34,35,36);;;;;/q;5*+1/p-5. The predicted octanol–water partition coefficient (Wildman–Crippen LogP) is -14.2. The molecule has 0 bridgehead atoms. The number of carbonyl (C=O) groups excluding carboxylic acids is 2. The summed E-state index contributed by atoms with van der Waals surface area (Å²) in [4.78, 5) is 33.0. The quantitative estimate of drug-likeness (QED) is 0.0628. The average molecular weight is 992 g/mol. The summed E-state index contributed by atoms with van der Waals surface area (Å²) in [5.74, 6) is -4.68. The molecule has 1 aromatic heterocycles. The maximum Gasteiger partial charge on any atom is 1.00 e. The Morgan fingerprint density at radius 1 is 0.645 bits per heavy atom. The van der Waals surface area contributed by atoms with Crippen LogP contribution < -0.4 is 169 Å². The summed E-state index contributed by atoms with van der Waals surface area (Å²) in [6.07, 6.45) is 0.492. The normalized spacial score (nSPS) is 13.1. The molecule has 296 valence electrons. The Morgan fingerprint density at radius 3 is 1.76 bits per heavy atom. The minimum atomic E-state index is -5.67. The number of benzene rings is 4. The largest absolute Gasteiger partial charge is 1.00 e. The molecule has 1 heterocycles. The Labute approximate surface area is 467 Å². The summed E-state index contributed by atoms with van der Waals surface area (Å²) in [6, 6.07) is 11.3. The zero-order chi connectivity index (χ0) is 41.8. The van der Waals surface area contributed by atoms with Crippen LogP contribution in [0.25, 0.3) is 16.8 Å². The molecule has 1 aliphatic carbocycles. The summed E-state index contributed by atoms with van der Waals surface area (Å²) >= 11 is 6.01. The maximum absolute atomic E-state index is 14.1. The first-order valence-electron chi connectivity index (χ1n) is 14.9. The van der Waals surface area contributed by atoms with E-state index in [-0.39, 0.29) is 153 Å². The van der Waals surface area contributed by atoms with Crippen molar-refractivity contribution in [2.75, 3.05) is 16.1 Å². The van der Waals surface area contributed by atoms with Gasteiger partial charge in [0.25, 0.3) is 0 Å². The number of anilines is 5. The van der Waals surface area contributed by atoms with Crippen molar-refractivity contribution in [1.29, 1.82) is 0 Å². The molecule has 62 heavy (non-hydrogen) atoms. The molecular formula is C30H15ClN7Na5O15S4. The number of Topliss-reactive ketones (excluding diaryl/α,β-unsaturated/α-hetero) is 1. The minimum Gasteiger partial charge on any atom is -0.744 e. The van der Waals surface area contributed by atoms with E-state index in [0.29, 0.717) is 29.7 Å². The van der Waals surface area contributed by atoms with Crippen LogP contribution in [0.1, 0.15) is 26.3 Å². The first kappa shape index (κ1) is 59.0. The van der Waals surface area contributed by atoms with Gasteiger partial charge in [-0.15, -0.1) is 0 Å². The molecule has 0 radical (unpaired) electrons. The molecule has 22 nitrogen and oxygen atoms in total. The van der Waals surface area contributed by atoms with Gasteiger partial charge in [0.05, 0.1) is 48.2 Å². The monoisotopic (exact) mass is 991 g/mol. The van der Waals surface area contributed by atoms with Crippen molar-refractivity contribution in [3.63, 3.8) is 0 Å². The van der Waals surface area contributed by atoms with Crippen LogP contribution in [0.2, 0.25) is 5.28 Å². The smallest absolute Gasteiger partial charge is 0.744 e. The van der Waals surface area contributed by atoms with E-state index >= 15 is 0 Å². The predicted molar refractivity (Wildman–Crippen MR) is 190 cm³/mol. The fraction of sp³-hybridized carbons (Fsp3) is 0. The van der Waals surface area contributed by atoms with Crippen molar-refractivity contribution in [3.8, 4) is 0 Å². The van der Waals surface area contributed by atoms with Gasteiger partial charge in [0.15, 0.2) is 0 Å². The van der Waals surface area contributed by atoms with Crippen LogP contribution in [-0.4, -0.2) is 84.3 Å². The minimum absolute atomic E-state index is 0. The van der Waals surface area contributed by atoms with Crippen molar-refractivity contribution in [1.82, 2.24) is 15.0 Å². The molecule has 4 aromatic carbocycles. The van der Waals surface area contributed by atoms with Gasteiger partial charge in [-0.05, 0) is 65.0 Å². The molecule has 1 aliphatic rings. The van der Waals surface area contributed by atoms with Crippen LogP contribution in [0.5, 0.6) is 0 Å². The third kappa shape index (κ3) is 13.6. The number of carboxylic acid groups (broad SMARTS) is 1. The molecule has 6 rings (SSSR count). The number of carboxylic acids is 1. The number of ketones is 1. The number of nitrogens with one attached hydrogen (secondary N) is 3. The Hall–Kier alpha value is -0.970. The number of hydrogen-bond acceptors (Lipinski definition) is 22. The number of aromatic nitrogens is 3. The van der Waals surface area contributed by atoms with Crippen molar-refractivity contribution in [2.24, 2.45) is 5.10 Å². The second kappa shape index (κ2) is 22.7. The van der Waals surface area contributed by atoms with Gasteiger partial charge in [0.1, 0.15) is 46.2 Å². The van der Waals surface area contributed by atoms with Crippen molar-refractivity contribution >= 4 is 115 Å². The number of carbonyl (C=O) groups is 2. The van der Waals surface area contributed by atoms with Gasteiger partial charge in [-0.3, -0.25) is 10.2 Å². The Morgan fingerprint density at radius 2 is 1.21 bits per heavy atom. The SMILES string of the molecule is O=C([O-])c1cc(S(=O)(=O)[O-])ccc1Nc1nc(Cl)nc(Nc2cc(S(=O)(=O)[O-])cc3c2C(=O)C(=NNc2ccc4ccccc4c2S(=O)(=O)[O-])C(S(=O)(=O)[O-])=C3)n1.[Na+].[Na+].[Na+].[Na+].[Na+]. The van der Waals surface area contributed by atoms with Gasteiger partial charge in [0.2, 0.25) is 23.0 Å². The summed E-state index contributed by atoms with van der Waals surface area (Å²) in [6.45, 7) is 0.